The van der Waals surface area contributed by atoms with Crippen LogP contribution in [0.5, 0.6) is 0 Å². The molecule has 0 saturated carbocycles. The average molecular weight is 480 g/mol. The number of oxime groups is 1. The van der Waals surface area contributed by atoms with Gasteiger partial charge in [-0.2, -0.15) is 0 Å². The molecule has 2 fully saturated rings. The van der Waals surface area contributed by atoms with Crippen LogP contribution in [0, 0.1) is 0 Å². The maximum absolute atomic E-state index is 12.8. The molecule has 2 saturated heterocycles. The van der Waals surface area contributed by atoms with E-state index in [-0.39, 0.29) is 28.3 Å². The fourth-order valence-corrected chi connectivity index (χ4v) is 5.52. The quantitative estimate of drug-likeness (QED) is 0.289. The molecule has 0 aliphatic carbocycles. The molecular weight excluding hydrogens is 458 g/mol. The number of nitrogens with zero attached hydrogens (tertiary/aromatic N) is 3. The highest BCUT2D eigenvalue weighted by Gasteiger charge is 2.54. The number of thiazole rings is 1. The number of ether oxygens (including phenoxy) is 1. The summed E-state index contributed by atoms with van der Waals surface area (Å²) in [7, 11) is 1.28. The number of nitrogen functional groups attached to an aromatic ring is 1. The molecule has 0 spiro atoms. The third-order valence-corrected chi connectivity index (χ3v) is 7.10. The lowest BCUT2D eigenvalue weighted by Gasteiger charge is -2.49. The number of allylic oxidation sites excluding steroid dienone is 1. The Morgan fingerprint density at radius 1 is 1.50 bits per heavy atom. The van der Waals surface area contributed by atoms with Crippen LogP contribution in [0.15, 0.2) is 34.0 Å². The maximum atomic E-state index is 12.8. The number of anilines is 1. The number of carbonyl (C=O) groups excluding carboxylic acids is 2. The summed E-state index contributed by atoms with van der Waals surface area (Å²) in [6, 6.07) is -0.899. The third kappa shape index (κ3) is 4.23. The van der Waals surface area contributed by atoms with Crippen molar-refractivity contribution in [1.29, 1.82) is 0 Å². The van der Waals surface area contributed by atoms with Gasteiger partial charge >= 0.3 is 5.97 Å². The Hall–Kier alpha value is -2.90. The fourth-order valence-electron chi connectivity index (χ4n) is 3.65. The Kier molecular flexibility index (Phi) is 6.48. The van der Waals surface area contributed by atoms with Crippen LogP contribution in [0.3, 0.4) is 0 Å². The Bertz CT molecular complexity index is 1030. The number of carboxylic acids is 1. The second-order valence-electron chi connectivity index (χ2n) is 7.14. The van der Waals surface area contributed by atoms with Crippen molar-refractivity contribution in [2.75, 3.05) is 25.2 Å². The molecular formula is C19H21N5O6S2. The molecule has 2 amide bonds. The Morgan fingerprint density at radius 3 is 2.94 bits per heavy atom. The van der Waals surface area contributed by atoms with E-state index in [0.29, 0.717) is 17.9 Å². The standard InChI is InChI=1S/C19H21N5O6S2/c1-29-23-12(11-8-32-19(20)21-11)15(25)22-13-16(26)24-14(18(27)28)9(7-31-17(13)24)4-5-10-3-2-6-30-10/h4-5,8,10,13,17H,2-3,6-7H2,1H3,(H2,20,21)(H,22,25)(H,27,28)/t10?,13-,17+/m1/s1. The lowest BCUT2D eigenvalue weighted by Crippen LogP contribution is -2.71. The fraction of sp³-hybridized carbons (Fsp3) is 0.421. The van der Waals surface area contributed by atoms with Crippen molar-refractivity contribution >= 4 is 51.7 Å². The molecule has 3 atom stereocenters. The molecule has 4 rings (SSSR count). The van der Waals surface area contributed by atoms with Crippen LogP contribution in [0.25, 0.3) is 0 Å². The van der Waals surface area contributed by atoms with E-state index in [1.807, 2.05) is 6.08 Å². The van der Waals surface area contributed by atoms with E-state index in [4.69, 9.17) is 15.3 Å². The first-order valence-corrected chi connectivity index (χ1v) is 11.7. The number of fused-ring (bicyclic) bond motifs is 1. The first-order valence-electron chi connectivity index (χ1n) is 9.75. The van der Waals surface area contributed by atoms with E-state index in [0.717, 1.165) is 24.2 Å². The summed E-state index contributed by atoms with van der Waals surface area (Å²) in [5.41, 5.74) is 6.18. The van der Waals surface area contributed by atoms with Crippen LogP contribution >= 0.6 is 23.1 Å². The van der Waals surface area contributed by atoms with Crippen molar-refractivity contribution in [1.82, 2.24) is 15.2 Å². The molecule has 13 heteroatoms. The van der Waals surface area contributed by atoms with Gasteiger partial charge in [0.05, 0.1) is 6.10 Å². The number of aromatic nitrogens is 1. The Labute approximate surface area is 191 Å². The molecule has 1 aromatic heterocycles. The van der Waals surface area contributed by atoms with E-state index in [2.05, 4.69) is 15.5 Å². The SMILES string of the molecule is CON=C(C(=O)N[C@@H]1C(=O)N2C(C(=O)O)=C(C=CC3CCCO3)CS[C@@H]12)c1csc(N)n1. The predicted molar refractivity (Wildman–Crippen MR) is 118 cm³/mol. The molecule has 1 unspecified atom stereocenters. The maximum Gasteiger partial charge on any atom is 0.352 e. The molecule has 0 aromatic carbocycles. The lowest BCUT2D eigenvalue weighted by molar-refractivity contribution is -0.150. The van der Waals surface area contributed by atoms with Gasteiger partial charge in [-0.25, -0.2) is 9.78 Å². The molecule has 4 heterocycles. The topological polar surface area (TPSA) is 156 Å². The first-order chi connectivity index (χ1) is 15.4. The highest BCUT2D eigenvalue weighted by molar-refractivity contribution is 8.00. The Morgan fingerprint density at radius 2 is 2.31 bits per heavy atom. The number of amides is 2. The van der Waals surface area contributed by atoms with Crippen molar-refractivity contribution in [2.45, 2.75) is 30.4 Å². The van der Waals surface area contributed by atoms with Crippen molar-refractivity contribution in [2.24, 2.45) is 5.16 Å². The number of thioether (sulfide) groups is 1. The molecule has 3 aliphatic rings. The zero-order valence-corrected chi connectivity index (χ0v) is 18.6. The second-order valence-corrected chi connectivity index (χ2v) is 9.14. The van der Waals surface area contributed by atoms with Gasteiger partial charge in [-0.1, -0.05) is 17.3 Å². The summed E-state index contributed by atoms with van der Waals surface area (Å²) >= 11 is 2.51. The largest absolute Gasteiger partial charge is 0.477 e. The van der Waals surface area contributed by atoms with Gasteiger partial charge in [0.1, 0.15) is 29.9 Å². The number of carbonyl (C=O) groups is 3. The minimum absolute atomic E-state index is 0.0439. The number of hydrogen-bond acceptors (Lipinski definition) is 10. The number of nitrogens with two attached hydrogens (primary N) is 1. The molecule has 0 radical (unpaired) electrons. The average Bonchev–Trinajstić information content (AvgIpc) is 3.45. The van der Waals surface area contributed by atoms with E-state index < -0.39 is 29.2 Å². The molecule has 0 bridgehead atoms. The molecule has 170 valence electrons. The van der Waals surface area contributed by atoms with Crippen LogP contribution in [0.1, 0.15) is 18.5 Å². The number of aliphatic carboxylic acids is 1. The van der Waals surface area contributed by atoms with Gasteiger partial charge in [-0.05, 0) is 18.4 Å². The summed E-state index contributed by atoms with van der Waals surface area (Å²) in [6.07, 6.45) is 5.36. The van der Waals surface area contributed by atoms with Crippen LogP contribution in [-0.2, 0) is 24.0 Å². The number of carboxylic acid groups (broad SMARTS) is 1. The van der Waals surface area contributed by atoms with E-state index in [9.17, 15) is 19.5 Å². The number of hydrogen-bond donors (Lipinski definition) is 3. The lowest BCUT2D eigenvalue weighted by atomic mass is 10.0. The monoisotopic (exact) mass is 479 g/mol. The summed E-state index contributed by atoms with van der Waals surface area (Å²) in [5, 5.41) is 17.3. The number of rotatable bonds is 7. The van der Waals surface area contributed by atoms with Gasteiger partial charge in [0, 0.05) is 17.7 Å². The molecule has 4 N–H and O–H groups in total. The highest BCUT2D eigenvalue weighted by Crippen LogP contribution is 2.40. The number of nitrogens with one attached hydrogen (secondary N) is 1. The molecule has 11 nitrogen and oxygen atoms in total. The third-order valence-electron chi connectivity index (χ3n) is 5.13. The van der Waals surface area contributed by atoms with Crippen LogP contribution in [-0.4, -0.2) is 75.5 Å². The van der Waals surface area contributed by atoms with E-state index in [1.165, 1.54) is 23.8 Å². The molecule has 3 aliphatic heterocycles. The second kappa shape index (κ2) is 9.30. The Balaban J connectivity index is 1.50. The van der Waals surface area contributed by atoms with Crippen molar-refractivity contribution in [3.63, 3.8) is 0 Å². The van der Waals surface area contributed by atoms with Crippen molar-refractivity contribution < 1.29 is 29.1 Å². The summed E-state index contributed by atoms with van der Waals surface area (Å²) in [6.45, 7) is 0.685. The minimum Gasteiger partial charge on any atom is -0.477 e. The van der Waals surface area contributed by atoms with Crippen LogP contribution in [0.4, 0.5) is 5.13 Å². The van der Waals surface area contributed by atoms with Crippen molar-refractivity contribution in [3.8, 4) is 0 Å². The smallest absolute Gasteiger partial charge is 0.352 e. The van der Waals surface area contributed by atoms with Crippen LogP contribution < -0.4 is 11.1 Å². The predicted octanol–water partition coefficient (Wildman–Crippen LogP) is 0.550. The summed E-state index contributed by atoms with van der Waals surface area (Å²) in [4.78, 5) is 47.5. The van der Waals surface area contributed by atoms with Crippen molar-refractivity contribution in [3.05, 3.63) is 34.5 Å². The van der Waals surface area contributed by atoms with Crippen LogP contribution in [0.2, 0.25) is 0 Å². The summed E-state index contributed by atoms with van der Waals surface area (Å²) in [5.74, 6) is -1.99. The molecule has 1 aromatic rings. The molecule has 32 heavy (non-hydrogen) atoms. The van der Waals surface area contributed by atoms with Gasteiger partial charge < -0.3 is 25.7 Å². The zero-order valence-electron chi connectivity index (χ0n) is 17.0. The first kappa shape index (κ1) is 22.3. The highest BCUT2D eigenvalue weighted by atomic mass is 32.2. The van der Waals surface area contributed by atoms with E-state index in [1.54, 1.807) is 11.5 Å². The van der Waals surface area contributed by atoms with Gasteiger partial charge in [-0.3, -0.25) is 14.5 Å². The zero-order chi connectivity index (χ0) is 22.8. The summed E-state index contributed by atoms with van der Waals surface area (Å²) < 4.78 is 5.54. The van der Waals surface area contributed by atoms with Gasteiger partial charge in [-0.15, -0.1) is 23.1 Å². The van der Waals surface area contributed by atoms with Gasteiger partial charge in [0.25, 0.3) is 11.8 Å². The number of β-lactam (4-membered cyclic amide) rings is 1. The minimum atomic E-state index is -1.19. The van der Waals surface area contributed by atoms with E-state index >= 15 is 0 Å². The van der Waals surface area contributed by atoms with Gasteiger partial charge in [0.15, 0.2) is 10.8 Å². The normalized spacial score (nSPS) is 25.7. The van der Waals surface area contributed by atoms with Gasteiger partial charge in [0.2, 0.25) is 0 Å².